The van der Waals surface area contributed by atoms with Crippen LogP contribution in [0.15, 0.2) is 47.3 Å². The van der Waals surface area contributed by atoms with Crippen molar-refractivity contribution < 1.29 is 9.28 Å². The number of nitrogens with zero attached hydrogens (tertiary/aromatic N) is 2. The van der Waals surface area contributed by atoms with Gasteiger partial charge in [0.15, 0.2) is 0 Å². The normalized spacial score (nSPS) is 20.6. The van der Waals surface area contributed by atoms with Crippen molar-refractivity contribution in [3.05, 3.63) is 69.9 Å². The van der Waals surface area contributed by atoms with Crippen molar-refractivity contribution in [2.75, 3.05) is 25.4 Å². The van der Waals surface area contributed by atoms with Gasteiger partial charge in [0.25, 0.3) is 0 Å². The van der Waals surface area contributed by atoms with E-state index in [1.54, 1.807) is 12.1 Å². The van der Waals surface area contributed by atoms with Gasteiger partial charge in [0.05, 0.1) is 0 Å². The Balaban J connectivity index is 1.44. The summed E-state index contributed by atoms with van der Waals surface area (Å²) in [7, 11) is -2.82. The average molecular weight is 413 g/mol. The van der Waals surface area contributed by atoms with E-state index in [0.29, 0.717) is 35.5 Å². The van der Waals surface area contributed by atoms with E-state index in [1.807, 2.05) is 24.3 Å². The minimum absolute atomic E-state index is 0.215. The summed E-state index contributed by atoms with van der Waals surface area (Å²) in [6, 6.07) is 13.1. The van der Waals surface area contributed by atoms with Gasteiger partial charge < -0.3 is 0 Å². The molecular formula is C22H25FN3O2P. The topological polar surface area (TPSA) is 69.2 Å². The molecule has 0 radical (unpaired) electrons. The molecule has 0 amide bonds. The molecule has 2 aliphatic rings. The number of nitrogens with one attached hydrogen (secondary N) is 1. The molecule has 1 aromatic heterocycles. The standard InChI is InChI=1S/C22H25FN3O2P/c23-19-8-5-15(13-20-17-3-1-2-4-18(17)22(27)25-24-20)14-21(19)29(28)11-9-26(10-12-29)16-6-7-16/h1-5,8,14,16,28-29H,6-7,9-13H2,(H,25,27). The Morgan fingerprint density at radius 2 is 1.86 bits per heavy atom. The van der Waals surface area contributed by atoms with Crippen LogP contribution in [0.3, 0.4) is 0 Å². The van der Waals surface area contributed by atoms with Crippen LogP contribution in [-0.2, 0) is 6.42 Å². The maximum atomic E-state index is 14.7. The molecule has 1 saturated carbocycles. The SMILES string of the molecule is O=c1[nH]nc(Cc2ccc(F)c([PH]3(O)CCN(C4CC4)CC3)c2)c2ccccc12. The second-order valence-electron chi connectivity index (χ2n) is 8.33. The fourth-order valence-corrected chi connectivity index (χ4v) is 7.59. The van der Waals surface area contributed by atoms with Crippen LogP contribution in [0, 0.1) is 5.82 Å². The van der Waals surface area contributed by atoms with Crippen LogP contribution in [0.2, 0.25) is 0 Å². The van der Waals surface area contributed by atoms with E-state index in [-0.39, 0.29) is 11.4 Å². The van der Waals surface area contributed by atoms with E-state index in [0.717, 1.165) is 29.7 Å². The molecule has 0 atom stereocenters. The number of fused-ring (bicyclic) bond motifs is 1. The summed E-state index contributed by atoms with van der Waals surface area (Å²) in [5, 5.41) is 8.70. The minimum atomic E-state index is -2.82. The first-order valence-electron chi connectivity index (χ1n) is 10.3. The Morgan fingerprint density at radius 3 is 2.59 bits per heavy atom. The average Bonchev–Trinajstić information content (AvgIpc) is 3.57. The van der Waals surface area contributed by atoms with Crippen LogP contribution in [0.25, 0.3) is 10.8 Å². The Morgan fingerprint density at radius 1 is 1.14 bits per heavy atom. The van der Waals surface area contributed by atoms with Crippen molar-refractivity contribution in [3.8, 4) is 0 Å². The summed E-state index contributed by atoms with van der Waals surface area (Å²) < 4.78 is 14.7. The van der Waals surface area contributed by atoms with Gasteiger partial charge in [0.2, 0.25) is 0 Å². The molecule has 2 N–H and O–H groups in total. The molecule has 0 bridgehead atoms. The molecule has 2 aromatic carbocycles. The number of rotatable bonds is 4. The molecule has 7 heteroatoms. The first-order chi connectivity index (χ1) is 14.0. The Bertz CT molecular complexity index is 1120. The number of aromatic nitrogens is 2. The Labute approximate surface area is 169 Å². The van der Waals surface area contributed by atoms with E-state index < -0.39 is 7.49 Å². The maximum absolute atomic E-state index is 14.7. The molecule has 152 valence electrons. The molecule has 1 aliphatic heterocycles. The second kappa shape index (κ2) is 7.28. The third kappa shape index (κ3) is 3.61. The van der Waals surface area contributed by atoms with E-state index in [2.05, 4.69) is 15.1 Å². The summed E-state index contributed by atoms with van der Waals surface area (Å²) in [6.45, 7) is 1.73. The number of hydrogen-bond acceptors (Lipinski definition) is 4. The summed E-state index contributed by atoms with van der Waals surface area (Å²) in [5.74, 6) is -0.304. The van der Waals surface area contributed by atoms with Crippen LogP contribution in [0.5, 0.6) is 0 Å². The van der Waals surface area contributed by atoms with Crippen LogP contribution in [-0.4, -0.2) is 51.4 Å². The second-order valence-corrected chi connectivity index (χ2v) is 11.9. The van der Waals surface area contributed by atoms with Crippen molar-refractivity contribution in [2.24, 2.45) is 0 Å². The van der Waals surface area contributed by atoms with Crippen molar-refractivity contribution in [2.45, 2.75) is 25.3 Å². The summed E-state index contributed by atoms with van der Waals surface area (Å²) in [5.41, 5.74) is 1.43. The van der Waals surface area contributed by atoms with E-state index >= 15 is 0 Å². The predicted molar refractivity (Wildman–Crippen MR) is 116 cm³/mol. The van der Waals surface area contributed by atoms with Gasteiger partial charge >= 0.3 is 169 Å². The first kappa shape index (κ1) is 18.9. The Hall–Kier alpha value is -2.14. The summed E-state index contributed by atoms with van der Waals surface area (Å²) in [6.07, 6.45) is 4.35. The van der Waals surface area contributed by atoms with E-state index in [1.165, 1.54) is 18.9 Å². The van der Waals surface area contributed by atoms with Gasteiger partial charge in [0, 0.05) is 0 Å². The number of H-pyrrole nitrogens is 1. The molecule has 5 rings (SSSR count). The molecule has 0 spiro atoms. The van der Waals surface area contributed by atoms with Crippen LogP contribution in [0.1, 0.15) is 24.1 Å². The number of hydrogen-bond donors (Lipinski definition) is 2. The fourth-order valence-electron chi connectivity index (χ4n) is 4.51. The first-order valence-corrected chi connectivity index (χ1v) is 12.6. The van der Waals surface area contributed by atoms with Gasteiger partial charge in [-0.1, -0.05) is 0 Å². The Kier molecular flexibility index (Phi) is 4.73. The summed E-state index contributed by atoms with van der Waals surface area (Å²) in [4.78, 5) is 25.8. The van der Waals surface area contributed by atoms with Gasteiger partial charge in [-0.05, 0) is 0 Å². The monoisotopic (exact) mass is 413 g/mol. The zero-order chi connectivity index (χ0) is 20.0. The molecule has 29 heavy (non-hydrogen) atoms. The molecule has 2 fully saturated rings. The predicted octanol–water partition coefficient (Wildman–Crippen LogP) is 2.41. The third-order valence-electron chi connectivity index (χ3n) is 6.37. The molecule has 2 heterocycles. The fraction of sp³-hybridized carbons (Fsp3) is 0.364. The molecule has 3 aromatic rings. The van der Waals surface area contributed by atoms with Gasteiger partial charge in [0.1, 0.15) is 0 Å². The number of halogens is 1. The van der Waals surface area contributed by atoms with Crippen LogP contribution >= 0.6 is 7.49 Å². The van der Waals surface area contributed by atoms with Gasteiger partial charge in [-0.2, -0.15) is 0 Å². The third-order valence-corrected chi connectivity index (χ3v) is 9.85. The van der Waals surface area contributed by atoms with E-state index in [4.69, 9.17) is 0 Å². The zero-order valence-corrected chi connectivity index (χ0v) is 17.2. The zero-order valence-electron chi connectivity index (χ0n) is 16.2. The van der Waals surface area contributed by atoms with Crippen LogP contribution < -0.4 is 10.9 Å². The van der Waals surface area contributed by atoms with Crippen molar-refractivity contribution in [1.29, 1.82) is 0 Å². The number of aromatic amines is 1. The van der Waals surface area contributed by atoms with Crippen molar-refractivity contribution in [3.63, 3.8) is 0 Å². The van der Waals surface area contributed by atoms with Crippen molar-refractivity contribution >= 4 is 23.6 Å². The molecule has 5 nitrogen and oxygen atoms in total. The number of benzene rings is 2. The molecule has 1 aliphatic carbocycles. The molecule has 1 saturated heterocycles. The van der Waals surface area contributed by atoms with Crippen molar-refractivity contribution in [1.82, 2.24) is 15.1 Å². The van der Waals surface area contributed by atoms with Gasteiger partial charge in [-0.25, -0.2) is 0 Å². The van der Waals surface area contributed by atoms with Gasteiger partial charge in [-0.15, -0.1) is 0 Å². The summed E-state index contributed by atoms with van der Waals surface area (Å²) >= 11 is 0. The quantitative estimate of drug-likeness (QED) is 0.645. The van der Waals surface area contributed by atoms with Crippen LogP contribution in [0.4, 0.5) is 4.39 Å². The van der Waals surface area contributed by atoms with Gasteiger partial charge in [-0.3, -0.25) is 0 Å². The molecule has 0 unspecified atom stereocenters. The van der Waals surface area contributed by atoms with E-state index in [9.17, 15) is 14.1 Å². The molecular weight excluding hydrogens is 388 g/mol.